The fraction of sp³-hybridized carbons (Fsp3) is 0.684. The van der Waals surface area contributed by atoms with Crippen molar-refractivity contribution in [1.29, 1.82) is 0 Å². The molecule has 0 amide bonds. The molecule has 1 unspecified atom stereocenters. The molecule has 1 nitrogen and oxygen atoms in total. The number of benzene rings is 1. The fourth-order valence-electron chi connectivity index (χ4n) is 3.02. The van der Waals surface area contributed by atoms with E-state index in [0.717, 1.165) is 14.0 Å². The van der Waals surface area contributed by atoms with Gasteiger partial charge in [0.05, 0.1) is 12.0 Å². The van der Waals surface area contributed by atoms with Gasteiger partial charge in [0.25, 0.3) is 0 Å². The van der Waals surface area contributed by atoms with E-state index in [-0.39, 0.29) is 11.1 Å². The molecule has 31 heavy (non-hydrogen) atoms. The summed E-state index contributed by atoms with van der Waals surface area (Å²) in [6.45, 7) is 5.67. The molecule has 12 heteroatoms. The summed E-state index contributed by atoms with van der Waals surface area (Å²) in [5.41, 5.74) is -3.08. The Hall–Kier alpha value is -1.59. The van der Waals surface area contributed by atoms with Gasteiger partial charge < -0.3 is 4.74 Å². The van der Waals surface area contributed by atoms with Gasteiger partial charge in [0.15, 0.2) is 0 Å². The molecule has 0 saturated heterocycles. The number of methoxy groups -OCH3 is 1. The Morgan fingerprint density at radius 1 is 0.645 bits per heavy atom. The van der Waals surface area contributed by atoms with Crippen molar-refractivity contribution >= 4 is 0 Å². The van der Waals surface area contributed by atoms with Crippen molar-refractivity contribution in [2.45, 2.75) is 75.0 Å². The molecule has 1 aromatic carbocycles. The number of ether oxygens (including phenoxy) is 1. The Labute approximate surface area is 171 Å². The largest absolute Gasteiger partial charge is 0.460 e. The topological polar surface area (TPSA) is 9.23 Å². The first kappa shape index (κ1) is 27.4. The standard InChI is InChI=1S/C19H21F11O/c1-13(2,3)11-8-6-7-9-12(11)14(4,31-5)10-15(20,21)16(22,23)17(24,25)18(26,27)19(28,29)30/h6-9H,10H2,1-5H3. The van der Waals surface area contributed by atoms with E-state index in [4.69, 9.17) is 4.74 Å². The van der Waals surface area contributed by atoms with Gasteiger partial charge in [-0.15, -0.1) is 0 Å². The van der Waals surface area contributed by atoms with Crippen LogP contribution in [-0.4, -0.2) is 37.0 Å². The highest BCUT2D eigenvalue weighted by molar-refractivity contribution is 5.37. The maximum atomic E-state index is 14.4. The first-order valence-electron chi connectivity index (χ1n) is 8.73. The summed E-state index contributed by atoms with van der Waals surface area (Å²) < 4.78 is 152. The third-order valence-electron chi connectivity index (χ3n) is 4.92. The Morgan fingerprint density at radius 2 is 1.06 bits per heavy atom. The summed E-state index contributed by atoms with van der Waals surface area (Å²) in [6, 6.07) is 5.39. The number of halogens is 11. The minimum atomic E-state index is -7.44. The van der Waals surface area contributed by atoms with Gasteiger partial charge in [-0.2, -0.15) is 48.3 Å². The monoisotopic (exact) mass is 474 g/mol. The van der Waals surface area contributed by atoms with Gasteiger partial charge in [0, 0.05) is 7.11 Å². The average Bonchev–Trinajstić information content (AvgIpc) is 2.59. The van der Waals surface area contributed by atoms with Crippen LogP contribution in [-0.2, 0) is 15.8 Å². The van der Waals surface area contributed by atoms with E-state index in [9.17, 15) is 48.3 Å². The summed E-state index contributed by atoms with van der Waals surface area (Å²) in [4.78, 5) is 0. The molecule has 0 heterocycles. The van der Waals surface area contributed by atoms with Crippen molar-refractivity contribution in [3.05, 3.63) is 35.4 Å². The van der Waals surface area contributed by atoms with E-state index in [2.05, 4.69) is 0 Å². The fourth-order valence-corrected chi connectivity index (χ4v) is 3.02. The lowest BCUT2D eigenvalue weighted by Gasteiger charge is -2.41. The van der Waals surface area contributed by atoms with Crippen LogP contribution < -0.4 is 0 Å². The maximum Gasteiger partial charge on any atom is 0.460 e. The summed E-state index contributed by atoms with van der Waals surface area (Å²) in [7, 11) is 0.788. The molecule has 0 aliphatic rings. The van der Waals surface area contributed by atoms with Gasteiger partial charge in [-0.05, 0) is 23.5 Å². The normalized spacial score (nSPS) is 16.9. The first-order chi connectivity index (χ1) is 13.5. The number of hydrogen-bond acceptors (Lipinski definition) is 1. The SMILES string of the molecule is COC(C)(CC(F)(F)C(F)(F)C(F)(F)C(F)(F)C(F)(F)F)c1ccccc1C(C)(C)C. The molecule has 0 bridgehead atoms. The van der Waals surface area contributed by atoms with Crippen LogP contribution in [0.25, 0.3) is 0 Å². The molecule has 0 aliphatic carbocycles. The van der Waals surface area contributed by atoms with E-state index in [0.29, 0.717) is 0 Å². The third kappa shape index (κ3) is 4.49. The van der Waals surface area contributed by atoms with Crippen molar-refractivity contribution in [1.82, 2.24) is 0 Å². The van der Waals surface area contributed by atoms with Crippen LogP contribution in [0, 0.1) is 0 Å². The molecule has 0 radical (unpaired) electrons. The summed E-state index contributed by atoms with van der Waals surface area (Å²) in [5, 5.41) is 0. The van der Waals surface area contributed by atoms with Gasteiger partial charge in [-0.3, -0.25) is 0 Å². The predicted octanol–water partition coefficient (Wildman–Crippen LogP) is 7.34. The van der Waals surface area contributed by atoms with Crippen LogP contribution in [0.4, 0.5) is 48.3 Å². The smallest absolute Gasteiger partial charge is 0.374 e. The lowest BCUT2D eigenvalue weighted by Crippen LogP contribution is -2.67. The second-order valence-electron chi connectivity index (χ2n) is 8.33. The van der Waals surface area contributed by atoms with Crippen LogP contribution in [0.3, 0.4) is 0 Å². The number of rotatable bonds is 7. The van der Waals surface area contributed by atoms with E-state index in [1.54, 1.807) is 20.8 Å². The molecule has 0 fully saturated rings. The van der Waals surface area contributed by atoms with Gasteiger partial charge in [-0.25, -0.2) is 0 Å². The molecule has 0 N–H and O–H groups in total. The van der Waals surface area contributed by atoms with Crippen molar-refractivity contribution in [3.8, 4) is 0 Å². The zero-order valence-corrected chi connectivity index (χ0v) is 17.1. The molecule has 1 atom stereocenters. The van der Waals surface area contributed by atoms with E-state index >= 15 is 0 Å². The molecule has 1 rings (SSSR count). The molecular weight excluding hydrogens is 453 g/mol. The van der Waals surface area contributed by atoms with E-state index < -0.39 is 47.3 Å². The summed E-state index contributed by atoms with van der Waals surface area (Å²) in [6.07, 6.45) is -9.50. The summed E-state index contributed by atoms with van der Waals surface area (Å²) >= 11 is 0. The van der Waals surface area contributed by atoms with E-state index in [1.165, 1.54) is 24.3 Å². The zero-order valence-electron chi connectivity index (χ0n) is 17.1. The van der Waals surface area contributed by atoms with Crippen LogP contribution in [0.2, 0.25) is 0 Å². The molecular formula is C19H21F11O. The van der Waals surface area contributed by atoms with Crippen molar-refractivity contribution in [2.75, 3.05) is 7.11 Å². The Kier molecular flexibility index (Phi) is 6.88. The lowest BCUT2D eigenvalue weighted by molar-refractivity contribution is -0.424. The van der Waals surface area contributed by atoms with Gasteiger partial charge in [0.1, 0.15) is 0 Å². The quantitative estimate of drug-likeness (QED) is 0.376. The van der Waals surface area contributed by atoms with Crippen molar-refractivity contribution < 1.29 is 53.0 Å². The highest BCUT2D eigenvalue weighted by Gasteiger charge is 2.87. The third-order valence-corrected chi connectivity index (χ3v) is 4.92. The summed E-state index contributed by atoms with van der Waals surface area (Å²) in [5.74, 6) is -28.0. The van der Waals surface area contributed by atoms with Crippen LogP contribution in [0.1, 0.15) is 45.2 Å². The van der Waals surface area contributed by atoms with Crippen LogP contribution in [0.5, 0.6) is 0 Å². The minimum absolute atomic E-state index is 0.147. The highest BCUT2D eigenvalue weighted by atomic mass is 19.4. The number of hydrogen-bond donors (Lipinski definition) is 0. The van der Waals surface area contributed by atoms with E-state index in [1.807, 2.05) is 0 Å². The average molecular weight is 474 g/mol. The molecule has 1 aromatic rings. The highest BCUT2D eigenvalue weighted by Crippen LogP contribution is 2.59. The first-order valence-corrected chi connectivity index (χ1v) is 8.73. The maximum absolute atomic E-state index is 14.4. The van der Waals surface area contributed by atoms with Crippen molar-refractivity contribution in [3.63, 3.8) is 0 Å². The van der Waals surface area contributed by atoms with Crippen molar-refractivity contribution in [2.24, 2.45) is 0 Å². The molecule has 0 saturated carbocycles. The Balaban J connectivity index is 3.58. The zero-order chi connectivity index (χ0) is 24.9. The Morgan fingerprint density at radius 3 is 1.42 bits per heavy atom. The van der Waals surface area contributed by atoms with Gasteiger partial charge >= 0.3 is 29.9 Å². The second-order valence-corrected chi connectivity index (χ2v) is 8.33. The number of alkyl halides is 11. The second kappa shape index (κ2) is 7.77. The van der Waals surface area contributed by atoms with Crippen LogP contribution in [0.15, 0.2) is 24.3 Å². The van der Waals surface area contributed by atoms with Gasteiger partial charge in [0.2, 0.25) is 0 Å². The molecule has 0 spiro atoms. The lowest BCUT2D eigenvalue weighted by atomic mass is 9.76. The molecule has 180 valence electrons. The predicted molar refractivity (Wildman–Crippen MR) is 90.0 cm³/mol. The van der Waals surface area contributed by atoms with Gasteiger partial charge in [-0.1, -0.05) is 45.0 Å². The Bertz CT molecular complexity index is 778. The molecule has 0 aromatic heterocycles. The molecule has 0 aliphatic heterocycles. The van der Waals surface area contributed by atoms with Crippen LogP contribution >= 0.6 is 0 Å². The minimum Gasteiger partial charge on any atom is -0.374 e.